The van der Waals surface area contributed by atoms with Gasteiger partial charge in [-0.2, -0.15) is 15.8 Å². The normalized spacial score (nSPS) is 12.1. The summed E-state index contributed by atoms with van der Waals surface area (Å²) in [6.45, 7) is 0. The van der Waals surface area contributed by atoms with Gasteiger partial charge in [0, 0.05) is 22.7 Å². The van der Waals surface area contributed by atoms with Gasteiger partial charge in [-0.25, -0.2) is 4.79 Å². The third-order valence-corrected chi connectivity index (χ3v) is 5.38. The van der Waals surface area contributed by atoms with Crippen molar-refractivity contribution in [1.29, 1.82) is 15.8 Å². The zero-order valence-corrected chi connectivity index (χ0v) is 17.3. The number of nitriles is 3. The first-order valence-electron chi connectivity index (χ1n) is 9.41. The van der Waals surface area contributed by atoms with E-state index in [1.165, 1.54) is 6.07 Å². The molecule has 0 aliphatic carbocycles. The number of para-hydroxylation sites is 1. The standard InChI is InChI=1S/C24H15ClN4O3/c25-20-7-3-2-6-16(20)17(19(13-28)23(29)15(11-26)12-27)10-21(30)18-9-14-5-1-4-8-22(14)32-24(18)31/h1-9,17,19H,10,29H2. The summed E-state index contributed by atoms with van der Waals surface area (Å²) in [5, 5.41) is 29.0. The molecule has 0 aliphatic rings. The van der Waals surface area contributed by atoms with Gasteiger partial charge in [-0.05, 0) is 23.8 Å². The van der Waals surface area contributed by atoms with Crippen LogP contribution in [0.15, 0.2) is 75.1 Å². The Labute approximate surface area is 188 Å². The fourth-order valence-corrected chi connectivity index (χ4v) is 3.71. The summed E-state index contributed by atoms with van der Waals surface area (Å²) in [4.78, 5) is 25.6. The molecule has 0 fully saturated rings. The van der Waals surface area contributed by atoms with Crippen molar-refractivity contribution in [3.63, 3.8) is 0 Å². The van der Waals surface area contributed by atoms with Crippen molar-refractivity contribution in [3.05, 3.63) is 92.4 Å². The summed E-state index contributed by atoms with van der Waals surface area (Å²) in [5.74, 6) is -2.71. The fourth-order valence-electron chi connectivity index (χ4n) is 3.44. The number of hydrogen-bond donors (Lipinski definition) is 1. The number of carbonyl (C=O) groups excluding carboxylic acids is 1. The predicted octanol–water partition coefficient (Wildman–Crippen LogP) is 4.20. The SMILES string of the molecule is N#CC(C#N)=C(N)C(C#N)C(CC(=O)c1cc2ccccc2oc1=O)c1ccccc1Cl. The summed E-state index contributed by atoms with van der Waals surface area (Å²) in [7, 11) is 0. The molecule has 0 bridgehead atoms. The number of benzene rings is 2. The molecule has 32 heavy (non-hydrogen) atoms. The Bertz CT molecular complexity index is 1400. The number of Topliss-reactive ketones (excluding diaryl/α,β-unsaturated/α-hetero) is 1. The zero-order chi connectivity index (χ0) is 23.3. The molecule has 2 atom stereocenters. The van der Waals surface area contributed by atoms with E-state index < -0.39 is 28.8 Å². The number of halogens is 1. The average Bonchev–Trinajstić information content (AvgIpc) is 2.79. The number of hydrogen-bond acceptors (Lipinski definition) is 7. The zero-order valence-electron chi connectivity index (χ0n) is 16.6. The number of nitrogens with two attached hydrogens (primary N) is 1. The number of carbonyl (C=O) groups is 1. The Hall–Kier alpha value is -4.38. The number of rotatable bonds is 6. The van der Waals surface area contributed by atoms with Crippen LogP contribution in [0, 0.1) is 39.9 Å². The van der Waals surface area contributed by atoms with E-state index in [2.05, 4.69) is 0 Å². The van der Waals surface area contributed by atoms with E-state index in [1.807, 2.05) is 6.07 Å². The van der Waals surface area contributed by atoms with Gasteiger partial charge in [0.25, 0.3) is 0 Å². The van der Waals surface area contributed by atoms with Gasteiger partial charge in [0.15, 0.2) is 5.78 Å². The molecule has 3 rings (SSSR count). The van der Waals surface area contributed by atoms with Gasteiger partial charge in [0.1, 0.15) is 28.9 Å². The van der Waals surface area contributed by atoms with Crippen LogP contribution in [-0.2, 0) is 0 Å². The third kappa shape index (κ3) is 4.37. The highest BCUT2D eigenvalue weighted by molar-refractivity contribution is 6.31. The lowest BCUT2D eigenvalue weighted by molar-refractivity contribution is 0.0966. The molecule has 0 saturated heterocycles. The van der Waals surface area contributed by atoms with Crippen LogP contribution in [0.5, 0.6) is 0 Å². The second-order valence-corrected chi connectivity index (χ2v) is 7.31. The monoisotopic (exact) mass is 442 g/mol. The summed E-state index contributed by atoms with van der Waals surface area (Å²) < 4.78 is 5.24. The first-order chi connectivity index (χ1) is 15.4. The van der Waals surface area contributed by atoms with Crippen molar-refractivity contribution in [3.8, 4) is 18.2 Å². The summed E-state index contributed by atoms with van der Waals surface area (Å²) in [6, 6.07) is 20.1. The molecule has 1 aromatic heterocycles. The summed E-state index contributed by atoms with van der Waals surface area (Å²) in [5.41, 5.74) is 5.07. The van der Waals surface area contributed by atoms with E-state index >= 15 is 0 Å². The molecule has 8 heteroatoms. The molecule has 156 valence electrons. The van der Waals surface area contributed by atoms with Crippen LogP contribution in [-0.4, -0.2) is 5.78 Å². The minimum absolute atomic E-state index is 0.180. The molecule has 2 N–H and O–H groups in total. The summed E-state index contributed by atoms with van der Waals surface area (Å²) >= 11 is 6.32. The van der Waals surface area contributed by atoms with E-state index in [4.69, 9.17) is 21.8 Å². The van der Waals surface area contributed by atoms with Gasteiger partial charge in [-0.15, -0.1) is 0 Å². The molecule has 2 unspecified atom stereocenters. The van der Waals surface area contributed by atoms with E-state index in [0.717, 1.165) is 0 Å². The molecular formula is C24H15ClN4O3. The van der Waals surface area contributed by atoms with Crippen molar-refractivity contribution in [2.75, 3.05) is 0 Å². The first kappa shape index (κ1) is 22.3. The Kier molecular flexibility index (Phi) is 6.71. The maximum atomic E-state index is 13.2. The third-order valence-electron chi connectivity index (χ3n) is 5.04. The quantitative estimate of drug-likeness (QED) is 0.342. The Morgan fingerprint density at radius 1 is 1.06 bits per heavy atom. The van der Waals surface area contributed by atoms with Crippen molar-refractivity contribution in [2.24, 2.45) is 11.7 Å². The van der Waals surface area contributed by atoms with Gasteiger partial charge < -0.3 is 10.2 Å². The number of fused-ring (bicyclic) bond motifs is 1. The molecule has 0 saturated carbocycles. The van der Waals surface area contributed by atoms with E-state index in [0.29, 0.717) is 16.5 Å². The number of nitrogens with zero attached hydrogens (tertiary/aromatic N) is 3. The maximum Gasteiger partial charge on any atom is 0.347 e. The minimum atomic E-state index is -1.21. The Morgan fingerprint density at radius 3 is 2.38 bits per heavy atom. The molecule has 0 amide bonds. The highest BCUT2D eigenvalue weighted by Gasteiger charge is 2.32. The molecule has 2 aromatic carbocycles. The van der Waals surface area contributed by atoms with Gasteiger partial charge in [0.05, 0.1) is 17.7 Å². The van der Waals surface area contributed by atoms with E-state index in [1.54, 1.807) is 60.7 Å². The molecule has 1 heterocycles. The highest BCUT2D eigenvalue weighted by Crippen LogP contribution is 2.37. The largest absolute Gasteiger partial charge is 0.422 e. The van der Waals surface area contributed by atoms with Crippen LogP contribution >= 0.6 is 11.6 Å². The van der Waals surface area contributed by atoms with E-state index in [-0.39, 0.29) is 22.7 Å². The highest BCUT2D eigenvalue weighted by atomic mass is 35.5. The number of allylic oxidation sites excluding steroid dienone is 2. The van der Waals surface area contributed by atoms with Crippen LogP contribution in [0.2, 0.25) is 5.02 Å². The van der Waals surface area contributed by atoms with Gasteiger partial charge in [0.2, 0.25) is 0 Å². The van der Waals surface area contributed by atoms with Crippen molar-refractivity contribution in [1.82, 2.24) is 0 Å². The van der Waals surface area contributed by atoms with Crippen molar-refractivity contribution < 1.29 is 9.21 Å². The van der Waals surface area contributed by atoms with Gasteiger partial charge in [-0.3, -0.25) is 4.79 Å². The van der Waals surface area contributed by atoms with E-state index in [9.17, 15) is 25.4 Å². The van der Waals surface area contributed by atoms with Gasteiger partial charge in [-0.1, -0.05) is 48.0 Å². The number of ketones is 1. The van der Waals surface area contributed by atoms with Crippen LogP contribution in [0.25, 0.3) is 11.0 Å². The van der Waals surface area contributed by atoms with Crippen LogP contribution < -0.4 is 11.4 Å². The molecule has 0 radical (unpaired) electrons. The second-order valence-electron chi connectivity index (χ2n) is 6.90. The topological polar surface area (TPSA) is 145 Å². The lowest BCUT2D eigenvalue weighted by Gasteiger charge is -2.23. The van der Waals surface area contributed by atoms with Gasteiger partial charge >= 0.3 is 5.63 Å². The lowest BCUT2D eigenvalue weighted by atomic mass is 9.79. The second kappa shape index (κ2) is 9.62. The maximum absolute atomic E-state index is 13.2. The molecular weight excluding hydrogens is 428 g/mol. The molecule has 7 nitrogen and oxygen atoms in total. The molecule has 0 spiro atoms. The molecule has 0 aliphatic heterocycles. The Balaban J connectivity index is 2.12. The first-order valence-corrected chi connectivity index (χ1v) is 9.79. The van der Waals surface area contributed by atoms with Crippen LogP contribution in [0.4, 0.5) is 0 Å². The van der Waals surface area contributed by atoms with Crippen LogP contribution in [0.1, 0.15) is 28.3 Å². The summed E-state index contributed by atoms with van der Waals surface area (Å²) in [6.07, 6.45) is -0.324. The van der Waals surface area contributed by atoms with Crippen LogP contribution in [0.3, 0.4) is 0 Å². The smallest absolute Gasteiger partial charge is 0.347 e. The average molecular weight is 443 g/mol. The lowest BCUT2D eigenvalue weighted by Crippen LogP contribution is -2.24. The van der Waals surface area contributed by atoms with Crippen molar-refractivity contribution in [2.45, 2.75) is 12.3 Å². The predicted molar refractivity (Wildman–Crippen MR) is 117 cm³/mol. The Morgan fingerprint density at radius 2 is 1.72 bits per heavy atom. The fraction of sp³-hybridized carbons (Fsp3) is 0.125. The molecule has 3 aromatic rings. The minimum Gasteiger partial charge on any atom is -0.422 e. The van der Waals surface area contributed by atoms with Crippen molar-refractivity contribution >= 4 is 28.4 Å².